The molecule has 1 aliphatic rings. The van der Waals surface area contributed by atoms with Crippen LogP contribution in [0.1, 0.15) is 35.0 Å². The number of carbonyl (C=O) groups is 2. The summed E-state index contributed by atoms with van der Waals surface area (Å²) < 4.78 is 33.3. The molecular formula is C28H28N6O5S. The van der Waals surface area contributed by atoms with E-state index >= 15 is 0 Å². The maximum Gasteiger partial charge on any atom is 0.340 e. The molecule has 0 spiro atoms. The fraction of sp³-hybridized carbons (Fsp3) is 0.250. The van der Waals surface area contributed by atoms with Gasteiger partial charge in [-0.3, -0.25) is 9.78 Å². The Morgan fingerprint density at radius 2 is 1.77 bits per heavy atom. The van der Waals surface area contributed by atoms with Crippen LogP contribution in [0.15, 0.2) is 71.9 Å². The van der Waals surface area contributed by atoms with Crippen LogP contribution in [0, 0.1) is 0 Å². The number of ether oxygens (including phenoxy) is 1. The molecule has 2 aromatic heterocycles. The molecule has 206 valence electrons. The first-order chi connectivity index (χ1) is 19.2. The number of hydrogen-bond acceptors (Lipinski definition) is 9. The summed E-state index contributed by atoms with van der Waals surface area (Å²) in [5, 5.41) is 3.39. The average molecular weight is 561 g/mol. The molecule has 0 saturated heterocycles. The van der Waals surface area contributed by atoms with Gasteiger partial charge >= 0.3 is 5.97 Å². The number of aromatic nitrogens is 3. The largest absolute Gasteiger partial charge is 0.449 e. The first-order valence-electron chi connectivity index (χ1n) is 12.8. The molecule has 11 nitrogen and oxygen atoms in total. The standard InChI is InChI=1S/C28H28N6O5S/c1-3-24(26(35)31-18-9-11-19(12-10-18)40(37,38)33-28-29-14-6-15-30-28)39-27(36)25-20-7-4-5-8-22(20)32-23-13-16-34(2)17-21(23)25/h4-12,14-15,24H,3,13,16-17H2,1-2H3,(H,31,35)(H,29,30,33). The SMILES string of the molecule is CCC(OC(=O)c1c2c(nc3ccccc13)CCN(C)C2)C(=O)Nc1ccc(S(=O)(=O)Nc2ncccn2)cc1. The van der Waals surface area contributed by atoms with Crippen molar-refractivity contribution in [3.8, 4) is 0 Å². The van der Waals surface area contributed by atoms with E-state index in [1.807, 2.05) is 31.3 Å². The molecule has 2 N–H and O–H groups in total. The average Bonchev–Trinajstić information content (AvgIpc) is 2.95. The number of sulfonamides is 1. The first-order valence-corrected chi connectivity index (χ1v) is 14.2. The molecule has 40 heavy (non-hydrogen) atoms. The van der Waals surface area contributed by atoms with Gasteiger partial charge in [0, 0.05) is 54.2 Å². The van der Waals surface area contributed by atoms with Gasteiger partial charge in [-0.05, 0) is 49.9 Å². The molecular weight excluding hydrogens is 532 g/mol. The maximum absolute atomic E-state index is 13.5. The molecule has 5 rings (SSSR count). The Bertz CT molecular complexity index is 1660. The topological polar surface area (TPSA) is 143 Å². The van der Waals surface area contributed by atoms with Crippen molar-refractivity contribution in [1.29, 1.82) is 0 Å². The number of hydrogen-bond donors (Lipinski definition) is 2. The summed E-state index contributed by atoms with van der Waals surface area (Å²) in [6.45, 7) is 3.14. The van der Waals surface area contributed by atoms with Gasteiger partial charge in [0.15, 0.2) is 6.10 Å². The zero-order valence-corrected chi connectivity index (χ0v) is 22.8. The van der Waals surface area contributed by atoms with Crippen LogP contribution in [0.25, 0.3) is 10.9 Å². The third kappa shape index (κ3) is 5.77. The highest BCUT2D eigenvalue weighted by molar-refractivity contribution is 7.92. The van der Waals surface area contributed by atoms with Gasteiger partial charge in [-0.1, -0.05) is 25.1 Å². The fourth-order valence-corrected chi connectivity index (χ4v) is 5.50. The summed E-state index contributed by atoms with van der Waals surface area (Å²) in [6.07, 6.45) is 2.75. The predicted octanol–water partition coefficient (Wildman–Crippen LogP) is 3.39. The first kappa shape index (κ1) is 27.2. The van der Waals surface area contributed by atoms with Crippen LogP contribution in [0.4, 0.5) is 11.6 Å². The van der Waals surface area contributed by atoms with Crippen molar-refractivity contribution < 1.29 is 22.7 Å². The molecule has 4 aromatic rings. The quantitative estimate of drug-likeness (QED) is 0.310. The van der Waals surface area contributed by atoms with Crippen LogP contribution in [0.2, 0.25) is 0 Å². The Kier molecular flexibility index (Phi) is 7.71. The van der Waals surface area contributed by atoms with E-state index in [2.05, 4.69) is 24.9 Å². The number of esters is 1. The predicted molar refractivity (Wildman–Crippen MR) is 149 cm³/mol. The number of pyridine rings is 1. The number of likely N-dealkylation sites (N-methyl/N-ethyl adjacent to an activating group) is 1. The van der Waals surface area contributed by atoms with E-state index in [9.17, 15) is 18.0 Å². The molecule has 1 aliphatic heterocycles. The normalized spacial score (nSPS) is 14.2. The molecule has 0 radical (unpaired) electrons. The van der Waals surface area contributed by atoms with E-state index in [1.165, 1.54) is 36.7 Å². The van der Waals surface area contributed by atoms with Gasteiger partial charge in [0.2, 0.25) is 5.95 Å². The Labute approximate surface area is 231 Å². The maximum atomic E-state index is 13.5. The minimum atomic E-state index is -3.92. The van der Waals surface area contributed by atoms with Crippen molar-refractivity contribution in [2.24, 2.45) is 0 Å². The lowest BCUT2D eigenvalue weighted by Gasteiger charge is -2.27. The molecule has 12 heteroatoms. The van der Waals surface area contributed by atoms with Crippen molar-refractivity contribution in [1.82, 2.24) is 19.9 Å². The molecule has 0 saturated carbocycles. The van der Waals surface area contributed by atoms with E-state index in [0.717, 1.165) is 17.8 Å². The van der Waals surface area contributed by atoms with Crippen LogP contribution in [0.5, 0.6) is 0 Å². The Balaban J connectivity index is 1.32. The summed E-state index contributed by atoms with van der Waals surface area (Å²) >= 11 is 0. The summed E-state index contributed by atoms with van der Waals surface area (Å²) in [5.41, 5.74) is 3.17. The molecule has 0 aliphatic carbocycles. The number of amides is 1. The lowest BCUT2D eigenvalue weighted by molar-refractivity contribution is -0.124. The minimum absolute atomic E-state index is 0.0317. The van der Waals surface area contributed by atoms with Crippen LogP contribution in [0.3, 0.4) is 0 Å². The summed E-state index contributed by atoms with van der Waals surface area (Å²) in [4.78, 5) is 41.2. The highest BCUT2D eigenvalue weighted by Gasteiger charge is 2.29. The zero-order valence-electron chi connectivity index (χ0n) is 22.0. The molecule has 0 bridgehead atoms. The second-order valence-corrected chi connectivity index (χ2v) is 11.1. The van der Waals surface area contributed by atoms with Gasteiger partial charge in [0.05, 0.1) is 16.0 Å². The number of benzene rings is 2. The smallest absolute Gasteiger partial charge is 0.340 e. The van der Waals surface area contributed by atoms with Crippen LogP contribution >= 0.6 is 0 Å². The lowest BCUT2D eigenvalue weighted by atomic mass is 9.96. The number of nitrogens with zero attached hydrogens (tertiary/aromatic N) is 4. The lowest BCUT2D eigenvalue weighted by Crippen LogP contribution is -2.34. The highest BCUT2D eigenvalue weighted by Crippen LogP contribution is 2.29. The van der Waals surface area contributed by atoms with E-state index in [4.69, 9.17) is 9.72 Å². The van der Waals surface area contributed by atoms with Gasteiger partial charge < -0.3 is 15.0 Å². The van der Waals surface area contributed by atoms with Crippen molar-refractivity contribution in [2.75, 3.05) is 23.6 Å². The van der Waals surface area contributed by atoms with Gasteiger partial charge in [-0.25, -0.2) is 27.9 Å². The minimum Gasteiger partial charge on any atom is -0.449 e. The Morgan fingerprint density at radius 1 is 1.05 bits per heavy atom. The van der Waals surface area contributed by atoms with Crippen molar-refractivity contribution in [3.63, 3.8) is 0 Å². The zero-order chi connectivity index (χ0) is 28.3. The van der Waals surface area contributed by atoms with Crippen LogP contribution in [-0.2, 0) is 32.5 Å². The second-order valence-electron chi connectivity index (χ2n) is 9.41. The summed E-state index contributed by atoms with van der Waals surface area (Å²) in [6, 6.07) is 14.6. The van der Waals surface area contributed by atoms with E-state index in [1.54, 1.807) is 13.0 Å². The fourth-order valence-electron chi connectivity index (χ4n) is 4.54. The molecule has 3 heterocycles. The summed E-state index contributed by atoms with van der Waals surface area (Å²) in [5.74, 6) is -1.16. The van der Waals surface area contributed by atoms with Crippen molar-refractivity contribution in [2.45, 2.75) is 37.3 Å². The highest BCUT2D eigenvalue weighted by atomic mass is 32.2. The van der Waals surface area contributed by atoms with Crippen molar-refractivity contribution in [3.05, 3.63) is 83.8 Å². The van der Waals surface area contributed by atoms with E-state index < -0.39 is 28.0 Å². The Hall–Kier alpha value is -4.42. The van der Waals surface area contributed by atoms with Gasteiger partial charge in [-0.15, -0.1) is 0 Å². The molecule has 1 unspecified atom stereocenters. The molecule has 1 amide bonds. The summed E-state index contributed by atoms with van der Waals surface area (Å²) in [7, 11) is -1.94. The van der Waals surface area contributed by atoms with E-state index in [0.29, 0.717) is 35.1 Å². The third-order valence-electron chi connectivity index (χ3n) is 6.58. The Morgan fingerprint density at radius 3 is 2.50 bits per heavy atom. The number of nitrogens with one attached hydrogen (secondary N) is 2. The van der Waals surface area contributed by atoms with Gasteiger partial charge in [0.25, 0.3) is 15.9 Å². The van der Waals surface area contributed by atoms with E-state index in [-0.39, 0.29) is 17.3 Å². The molecule has 1 atom stereocenters. The monoisotopic (exact) mass is 560 g/mol. The molecule has 0 fully saturated rings. The van der Waals surface area contributed by atoms with Gasteiger partial charge in [0.1, 0.15) is 0 Å². The van der Waals surface area contributed by atoms with Crippen LogP contribution in [-0.4, -0.2) is 59.8 Å². The van der Waals surface area contributed by atoms with Crippen molar-refractivity contribution >= 4 is 44.4 Å². The van der Waals surface area contributed by atoms with Gasteiger partial charge in [-0.2, -0.15) is 0 Å². The number of anilines is 2. The number of fused-ring (bicyclic) bond motifs is 2. The third-order valence-corrected chi connectivity index (χ3v) is 7.92. The number of carbonyl (C=O) groups excluding carboxylic acids is 2. The molecule has 2 aromatic carbocycles. The second kappa shape index (κ2) is 11.4. The number of para-hydroxylation sites is 1. The van der Waals surface area contributed by atoms with Crippen LogP contribution < -0.4 is 10.0 Å². The number of rotatable bonds is 8.